The molecular weight excluding hydrogens is 234 g/mol. The molecule has 0 spiro atoms. The smallest absolute Gasteiger partial charge is 0.127 e. The van der Waals surface area contributed by atoms with Crippen LogP contribution in [0.2, 0.25) is 0 Å². The molecule has 0 aromatic heterocycles. The molecule has 1 aliphatic heterocycles. The Kier molecular flexibility index (Phi) is 3.80. The third-order valence-electron chi connectivity index (χ3n) is 3.52. The van der Waals surface area contributed by atoms with E-state index in [2.05, 4.69) is 47.8 Å². The van der Waals surface area contributed by atoms with Crippen LogP contribution in [0, 0.1) is 0 Å². The van der Waals surface area contributed by atoms with Gasteiger partial charge in [0, 0.05) is 12.1 Å². The zero-order valence-electron chi connectivity index (χ0n) is 11.0. The van der Waals surface area contributed by atoms with E-state index in [-0.39, 0.29) is 0 Å². The van der Waals surface area contributed by atoms with Gasteiger partial charge in [-0.15, -0.1) is 0 Å². The quantitative estimate of drug-likeness (QED) is 0.904. The average Bonchev–Trinajstić information content (AvgIpc) is 2.50. The second kappa shape index (κ2) is 5.89. The maximum absolute atomic E-state index is 6.18. The molecule has 1 heterocycles. The highest BCUT2D eigenvalue weighted by atomic mass is 16.5. The SMILES string of the molecule is c1ccc(-c2ccccc2O[C@H]2CCCNC2)cc1. The lowest BCUT2D eigenvalue weighted by Gasteiger charge is -2.25. The second-order valence-electron chi connectivity index (χ2n) is 4.95. The number of hydrogen-bond donors (Lipinski definition) is 1. The van der Waals surface area contributed by atoms with Crippen LogP contribution in [0.4, 0.5) is 0 Å². The van der Waals surface area contributed by atoms with Crippen molar-refractivity contribution >= 4 is 0 Å². The molecule has 3 rings (SSSR count). The highest BCUT2D eigenvalue weighted by Gasteiger charge is 2.16. The molecule has 2 aromatic carbocycles. The molecule has 1 saturated heterocycles. The van der Waals surface area contributed by atoms with Gasteiger partial charge in [-0.05, 0) is 31.0 Å². The topological polar surface area (TPSA) is 21.3 Å². The number of para-hydroxylation sites is 1. The van der Waals surface area contributed by atoms with Gasteiger partial charge in [-0.2, -0.15) is 0 Å². The normalized spacial score (nSPS) is 19.1. The van der Waals surface area contributed by atoms with Crippen molar-refractivity contribution in [3.8, 4) is 16.9 Å². The molecule has 0 bridgehead atoms. The highest BCUT2D eigenvalue weighted by Crippen LogP contribution is 2.30. The van der Waals surface area contributed by atoms with Crippen molar-refractivity contribution in [2.75, 3.05) is 13.1 Å². The average molecular weight is 253 g/mol. The van der Waals surface area contributed by atoms with Gasteiger partial charge in [0.2, 0.25) is 0 Å². The Morgan fingerprint density at radius 1 is 0.947 bits per heavy atom. The first-order chi connectivity index (χ1) is 9.43. The Morgan fingerprint density at radius 2 is 1.74 bits per heavy atom. The second-order valence-corrected chi connectivity index (χ2v) is 4.95. The fraction of sp³-hybridized carbons (Fsp3) is 0.294. The van der Waals surface area contributed by atoms with Crippen molar-refractivity contribution in [1.82, 2.24) is 5.32 Å². The van der Waals surface area contributed by atoms with Gasteiger partial charge < -0.3 is 10.1 Å². The molecule has 1 fully saturated rings. The van der Waals surface area contributed by atoms with Crippen LogP contribution < -0.4 is 10.1 Å². The Bertz CT molecular complexity index is 518. The lowest BCUT2D eigenvalue weighted by atomic mass is 10.0. The van der Waals surface area contributed by atoms with Gasteiger partial charge in [0.15, 0.2) is 0 Å². The zero-order chi connectivity index (χ0) is 12.9. The van der Waals surface area contributed by atoms with Gasteiger partial charge >= 0.3 is 0 Å². The van der Waals surface area contributed by atoms with E-state index in [9.17, 15) is 0 Å². The van der Waals surface area contributed by atoms with Gasteiger partial charge in [-0.1, -0.05) is 48.5 Å². The van der Waals surface area contributed by atoms with E-state index < -0.39 is 0 Å². The molecular formula is C17H19NO. The molecule has 1 aliphatic rings. The van der Waals surface area contributed by atoms with E-state index >= 15 is 0 Å². The van der Waals surface area contributed by atoms with Crippen molar-refractivity contribution in [2.24, 2.45) is 0 Å². The van der Waals surface area contributed by atoms with E-state index in [4.69, 9.17) is 4.74 Å². The minimum Gasteiger partial charge on any atom is -0.488 e. The summed E-state index contributed by atoms with van der Waals surface area (Å²) in [6.45, 7) is 2.06. The Labute approximate surface area is 114 Å². The summed E-state index contributed by atoms with van der Waals surface area (Å²) >= 11 is 0. The minimum atomic E-state index is 0.290. The first-order valence-corrected chi connectivity index (χ1v) is 6.95. The van der Waals surface area contributed by atoms with E-state index in [0.29, 0.717) is 6.10 Å². The predicted octanol–water partition coefficient (Wildman–Crippen LogP) is 3.48. The van der Waals surface area contributed by atoms with Crippen LogP contribution in [0.1, 0.15) is 12.8 Å². The molecule has 98 valence electrons. The Balaban J connectivity index is 1.85. The number of rotatable bonds is 3. The standard InChI is InChI=1S/C17H19NO/c1-2-7-14(8-3-1)16-10-4-5-11-17(16)19-15-9-6-12-18-13-15/h1-5,7-8,10-11,15,18H,6,9,12-13H2/t15-/m0/s1. The maximum atomic E-state index is 6.18. The van der Waals surface area contributed by atoms with Crippen LogP contribution in [0.15, 0.2) is 54.6 Å². The van der Waals surface area contributed by atoms with Crippen LogP contribution >= 0.6 is 0 Å². The molecule has 0 amide bonds. The summed E-state index contributed by atoms with van der Waals surface area (Å²) in [5, 5.41) is 3.39. The summed E-state index contributed by atoms with van der Waals surface area (Å²) in [5.41, 5.74) is 2.38. The van der Waals surface area contributed by atoms with Gasteiger partial charge in [0.25, 0.3) is 0 Å². The Hall–Kier alpha value is -1.80. The van der Waals surface area contributed by atoms with Crippen LogP contribution in [0.25, 0.3) is 11.1 Å². The molecule has 1 atom stereocenters. The monoisotopic (exact) mass is 253 g/mol. The number of nitrogens with one attached hydrogen (secondary N) is 1. The molecule has 0 aliphatic carbocycles. The van der Waals surface area contributed by atoms with Crippen LogP contribution in [-0.2, 0) is 0 Å². The van der Waals surface area contributed by atoms with Gasteiger partial charge in [0.05, 0.1) is 0 Å². The molecule has 0 unspecified atom stereocenters. The molecule has 2 aromatic rings. The van der Waals surface area contributed by atoms with E-state index in [1.54, 1.807) is 0 Å². The third kappa shape index (κ3) is 2.96. The lowest BCUT2D eigenvalue weighted by Crippen LogP contribution is -2.37. The number of ether oxygens (including phenoxy) is 1. The largest absolute Gasteiger partial charge is 0.488 e. The van der Waals surface area contributed by atoms with Crippen molar-refractivity contribution in [3.63, 3.8) is 0 Å². The third-order valence-corrected chi connectivity index (χ3v) is 3.52. The fourth-order valence-electron chi connectivity index (χ4n) is 2.53. The molecule has 0 radical (unpaired) electrons. The molecule has 2 nitrogen and oxygen atoms in total. The minimum absolute atomic E-state index is 0.290. The summed E-state index contributed by atoms with van der Waals surface area (Å²) in [4.78, 5) is 0. The van der Waals surface area contributed by atoms with Crippen molar-refractivity contribution in [3.05, 3.63) is 54.6 Å². The maximum Gasteiger partial charge on any atom is 0.127 e. The van der Waals surface area contributed by atoms with Crippen molar-refractivity contribution in [1.29, 1.82) is 0 Å². The summed E-state index contributed by atoms with van der Waals surface area (Å²) < 4.78 is 6.18. The molecule has 0 saturated carbocycles. The van der Waals surface area contributed by atoms with Crippen molar-refractivity contribution in [2.45, 2.75) is 18.9 Å². The van der Waals surface area contributed by atoms with Gasteiger partial charge in [-0.25, -0.2) is 0 Å². The highest BCUT2D eigenvalue weighted by molar-refractivity contribution is 5.70. The molecule has 1 N–H and O–H groups in total. The summed E-state index contributed by atoms with van der Waals surface area (Å²) in [7, 11) is 0. The predicted molar refractivity (Wildman–Crippen MR) is 78.4 cm³/mol. The lowest BCUT2D eigenvalue weighted by molar-refractivity contribution is 0.168. The van der Waals surface area contributed by atoms with E-state index in [1.807, 2.05) is 12.1 Å². The fourth-order valence-corrected chi connectivity index (χ4v) is 2.53. The van der Waals surface area contributed by atoms with Crippen LogP contribution in [0.3, 0.4) is 0 Å². The van der Waals surface area contributed by atoms with Gasteiger partial charge in [-0.3, -0.25) is 0 Å². The number of benzene rings is 2. The number of piperidine rings is 1. The van der Waals surface area contributed by atoms with Crippen LogP contribution in [-0.4, -0.2) is 19.2 Å². The summed E-state index contributed by atoms with van der Waals surface area (Å²) in [6, 6.07) is 18.7. The van der Waals surface area contributed by atoms with E-state index in [0.717, 1.165) is 25.3 Å². The molecule has 19 heavy (non-hydrogen) atoms. The Morgan fingerprint density at radius 3 is 2.53 bits per heavy atom. The van der Waals surface area contributed by atoms with E-state index in [1.165, 1.54) is 17.5 Å². The number of hydrogen-bond acceptors (Lipinski definition) is 2. The summed E-state index contributed by atoms with van der Waals surface area (Å²) in [6.07, 6.45) is 2.62. The first kappa shape index (κ1) is 12.2. The van der Waals surface area contributed by atoms with Crippen molar-refractivity contribution < 1.29 is 4.74 Å². The van der Waals surface area contributed by atoms with Crippen LogP contribution in [0.5, 0.6) is 5.75 Å². The zero-order valence-corrected chi connectivity index (χ0v) is 11.0. The van der Waals surface area contributed by atoms with Gasteiger partial charge in [0.1, 0.15) is 11.9 Å². The molecule has 2 heteroatoms. The first-order valence-electron chi connectivity index (χ1n) is 6.95. The summed E-state index contributed by atoms with van der Waals surface area (Å²) in [5.74, 6) is 0.988.